The Kier molecular flexibility index (Phi) is 5.82. The molecule has 1 unspecified atom stereocenters. The van der Waals surface area contributed by atoms with Crippen molar-refractivity contribution >= 4 is 21.9 Å². The predicted octanol–water partition coefficient (Wildman–Crippen LogP) is 3.62. The summed E-state index contributed by atoms with van der Waals surface area (Å²) < 4.78 is 1.03. The number of hydrogen-bond donors (Lipinski definition) is 1. The van der Waals surface area contributed by atoms with E-state index < -0.39 is 5.97 Å². The van der Waals surface area contributed by atoms with Gasteiger partial charge < -0.3 is 5.11 Å². The maximum absolute atomic E-state index is 11.0. The zero-order valence-corrected chi connectivity index (χ0v) is 12.7. The van der Waals surface area contributed by atoms with Crippen molar-refractivity contribution in [3.8, 4) is 0 Å². The summed E-state index contributed by atoms with van der Waals surface area (Å²) in [5.41, 5.74) is 2.21. The van der Waals surface area contributed by atoms with Gasteiger partial charge in [-0.1, -0.05) is 41.9 Å². The van der Waals surface area contributed by atoms with E-state index in [2.05, 4.69) is 34.7 Å². The van der Waals surface area contributed by atoms with Crippen molar-refractivity contribution in [1.82, 2.24) is 4.90 Å². The third-order valence-electron chi connectivity index (χ3n) is 3.20. The highest BCUT2D eigenvalue weighted by atomic mass is 79.9. The normalized spacial score (nSPS) is 12.7. The van der Waals surface area contributed by atoms with Gasteiger partial charge in [0.25, 0.3) is 0 Å². The van der Waals surface area contributed by atoms with Gasteiger partial charge in [0.2, 0.25) is 0 Å². The summed E-state index contributed by atoms with van der Waals surface area (Å²) in [6.45, 7) is 7.83. The number of nitrogens with zero attached hydrogens (tertiary/aromatic N) is 1. The Morgan fingerprint density at radius 2 is 2.00 bits per heavy atom. The fourth-order valence-electron chi connectivity index (χ4n) is 2.10. The highest BCUT2D eigenvalue weighted by Crippen LogP contribution is 2.28. The molecule has 0 spiro atoms. The van der Waals surface area contributed by atoms with Crippen molar-refractivity contribution in [3.05, 3.63) is 33.8 Å². The molecule has 0 saturated carbocycles. The third-order valence-corrected chi connectivity index (χ3v) is 4.06. The van der Waals surface area contributed by atoms with Crippen molar-refractivity contribution in [3.63, 3.8) is 0 Å². The van der Waals surface area contributed by atoms with Gasteiger partial charge in [-0.2, -0.15) is 0 Å². The average molecular weight is 314 g/mol. The molecule has 4 heteroatoms. The van der Waals surface area contributed by atoms with E-state index in [-0.39, 0.29) is 12.5 Å². The lowest BCUT2D eigenvalue weighted by Crippen LogP contribution is -2.30. The van der Waals surface area contributed by atoms with Crippen LogP contribution >= 0.6 is 15.9 Å². The molecule has 0 aliphatic carbocycles. The highest BCUT2D eigenvalue weighted by Gasteiger charge is 2.21. The van der Waals surface area contributed by atoms with E-state index in [1.807, 2.05) is 25.1 Å². The molecule has 0 aliphatic heterocycles. The smallest absolute Gasteiger partial charge is 0.305 e. The number of carboxylic acids is 1. The molecule has 1 aromatic carbocycles. The molecule has 0 heterocycles. The Morgan fingerprint density at radius 3 is 2.44 bits per heavy atom. The lowest BCUT2D eigenvalue weighted by molar-refractivity contribution is -0.138. The van der Waals surface area contributed by atoms with Crippen LogP contribution in [-0.2, 0) is 4.79 Å². The van der Waals surface area contributed by atoms with Crippen LogP contribution in [0.4, 0.5) is 0 Å². The van der Waals surface area contributed by atoms with Crippen molar-refractivity contribution in [2.75, 3.05) is 13.1 Å². The topological polar surface area (TPSA) is 40.5 Å². The molecule has 0 aliphatic rings. The monoisotopic (exact) mass is 313 g/mol. The lowest BCUT2D eigenvalue weighted by Gasteiger charge is -2.29. The molecule has 0 bridgehead atoms. The molecule has 100 valence electrons. The van der Waals surface area contributed by atoms with E-state index in [0.717, 1.165) is 28.7 Å². The summed E-state index contributed by atoms with van der Waals surface area (Å²) in [4.78, 5) is 13.2. The molecule has 18 heavy (non-hydrogen) atoms. The first-order valence-corrected chi connectivity index (χ1v) is 7.00. The first kappa shape index (κ1) is 15.2. The van der Waals surface area contributed by atoms with Crippen molar-refractivity contribution in [2.45, 2.75) is 33.2 Å². The second kappa shape index (κ2) is 6.90. The van der Waals surface area contributed by atoms with Gasteiger partial charge in [0.1, 0.15) is 0 Å². The number of aryl methyl sites for hydroxylation is 1. The van der Waals surface area contributed by atoms with Crippen molar-refractivity contribution in [1.29, 1.82) is 0 Å². The number of rotatable bonds is 6. The Labute approximate surface area is 117 Å². The van der Waals surface area contributed by atoms with E-state index in [9.17, 15) is 4.79 Å². The van der Waals surface area contributed by atoms with Gasteiger partial charge in [-0.3, -0.25) is 9.69 Å². The molecule has 1 N–H and O–H groups in total. The van der Waals surface area contributed by atoms with Gasteiger partial charge in [-0.15, -0.1) is 0 Å². The van der Waals surface area contributed by atoms with Crippen LogP contribution in [0.2, 0.25) is 0 Å². The van der Waals surface area contributed by atoms with Crippen molar-refractivity contribution < 1.29 is 9.90 Å². The summed E-state index contributed by atoms with van der Waals surface area (Å²) in [6, 6.07) is 6.01. The summed E-state index contributed by atoms with van der Waals surface area (Å²) in [6.07, 6.45) is 0.136. The molecule has 0 aromatic heterocycles. The predicted molar refractivity (Wildman–Crippen MR) is 76.8 cm³/mol. The van der Waals surface area contributed by atoms with Gasteiger partial charge in [0, 0.05) is 10.5 Å². The maximum atomic E-state index is 11.0. The molecule has 1 atom stereocenters. The number of benzene rings is 1. The highest BCUT2D eigenvalue weighted by molar-refractivity contribution is 9.10. The van der Waals surface area contributed by atoms with Crippen LogP contribution in [0, 0.1) is 6.92 Å². The SMILES string of the molecule is CCN(CC)C(CC(=O)O)c1ccc(C)c(Br)c1. The Bertz CT molecular complexity index is 416. The van der Waals surface area contributed by atoms with Crippen LogP contribution in [0.15, 0.2) is 22.7 Å². The summed E-state index contributed by atoms with van der Waals surface area (Å²) in [5.74, 6) is -0.761. The van der Waals surface area contributed by atoms with Crippen LogP contribution in [-0.4, -0.2) is 29.1 Å². The average Bonchev–Trinajstić information content (AvgIpc) is 2.32. The number of carbonyl (C=O) groups is 1. The van der Waals surface area contributed by atoms with Gasteiger partial charge in [0.05, 0.1) is 6.42 Å². The van der Waals surface area contributed by atoms with Gasteiger partial charge >= 0.3 is 5.97 Å². The van der Waals surface area contributed by atoms with Gasteiger partial charge in [-0.05, 0) is 37.2 Å². The molecule has 0 amide bonds. The minimum absolute atomic E-state index is 0.0607. The van der Waals surface area contributed by atoms with E-state index >= 15 is 0 Å². The zero-order chi connectivity index (χ0) is 13.7. The summed E-state index contributed by atoms with van der Waals surface area (Å²) >= 11 is 3.51. The van der Waals surface area contributed by atoms with E-state index in [4.69, 9.17) is 5.11 Å². The van der Waals surface area contributed by atoms with Crippen LogP contribution in [0.3, 0.4) is 0 Å². The third kappa shape index (κ3) is 3.82. The Balaban J connectivity index is 3.07. The molecule has 1 aromatic rings. The van der Waals surface area contributed by atoms with E-state index in [1.54, 1.807) is 0 Å². The van der Waals surface area contributed by atoms with Crippen LogP contribution in [0.25, 0.3) is 0 Å². The molecule has 3 nitrogen and oxygen atoms in total. The summed E-state index contributed by atoms with van der Waals surface area (Å²) in [7, 11) is 0. The van der Waals surface area contributed by atoms with Gasteiger partial charge in [0.15, 0.2) is 0 Å². The van der Waals surface area contributed by atoms with E-state index in [1.165, 1.54) is 0 Å². The summed E-state index contributed by atoms with van der Waals surface area (Å²) in [5, 5.41) is 9.07. The quantitative estimate of drug-likeness (QED) is 0.872. The van der Waals surface area contributed by atoms with Crippen LogP contribution in [0.5, 0.6) is 0 Å². The van der Waals surface area contributed by atoms with Gasteiger partial charge in [-0.25, -0.2) is 0 Å². The molecular formula is C14H20BrNO2. The molecular weight excluding hydrogens is 294 g/mol. The molecule has 0 saturated heterocycles. The molecule has 1 rings (SSSR count). The van der Waals surface area contributed by atoms with Crippen molar-refractivity contribution in [2.24, 2.45) is 0 Å². The second-order valence-electron chi connectivity index (χ2n) is 4.34. The minimum atomic E-state index is -0.761. The zero-order valence-electron chi connectivity index (χ0n) is 11.1. The number of halogens is 1. The fraction of sp³-hybridized carbons (Fsp3) is 0.500. The number of carboxylic acid groups (broad SMARTS) is 1. The minimum Gasteiger partial charge on any atom is -0.481 e. The number of aliphatic carboxylic acids is 1. The first-order valence-electron chi connectivity index (χ1n) is 6.21. The standard InChI is InChI=1S/C14H20BrNO2/c1-4-16(5-2)13(9-14(17)18)11-7-6-10(3)12(15)8-11/h6-8,13H,4-5,9H2,1-3H3,(H,17,18). The maximum Gasteiger partial charge on any atom is 0.305 e. The molecule has 0 radical (unpaired) electrons. The Hall–Kier alpha value is -0.870. The van der Waals surface area contributed by atoms with Crippen LogP contribution in [0.1, 0.15) is 37.4 Å². The Morgan fingerprint density at radius 1 is 1.39 bits per heavy atom. The fourth-order valence-corrected chi connectivity index (χ4v) is 2.50. The van der Waals surface area contributed by atoms with E-state index in [0.29, 0.717) is 0 Å². The second-order valence-corrected chi connectivity index (χ2v) is 5.20. The molecule has 0 fully saturated rings. The number of hydrogen-bond acceptors (Lipinski definition) is 2. The first-order chi connectivity index (χ1) is 8.49. The largest absolute Gasteiger partial charge is 0.481 e. The lowest BCUT2D eigenvalue weighted by atomic mass is 10.0. The van der Waals surface area contributed by atoms with Crippen LogP contribution < -0.4 is 0 Å².